The summed E-state index contributed by atoms with van der Waals surface area (Å²) in [6.45, 7) is 5.34. The van der Waals surface area contributed by atoms with Gasteiger partial charge in [0, 0.05) is 24.5 Å². The Hall–Kier alpha value is -4.48. The molecule has 7 rings (SSSR count). The normalized spacial score (nSPS) is 25.3. The number of allylic oxidation sites excluding steroid dienone is 3. The first kappa shape index (κ1) is 42.6. The lowest BCUT2D eigenvalue weighted by molar-refractivity contribution is -0.279. The van der Waals surface area contributed by atoms with Gasteiger partial charge in [-0.2, -0.15) is 0 Å². The highest BCUT2D eigenvalue weighted by Crippen LogP contribution is 2.44. The van der Waals surface area contributed by atoms with Gasteiger partial charge in [-0.1, -0.05) is 115 Å². The van der Waals surface area contributed by atoms with Crippen molar-refractivity contribution in [3.05, 3.63) is 160 Å². The largest absolute Gasteiger partial charge is 0.497 e. The minimum Gasteiger partial charge on any atom is -0.497 e. The second-order valence-corrected chi connectivity index (χ2v) is 15.9. The molecule has 0 amide bonds. The number of aliphatic hydroxyl groups is 1. The SMILES string of the molecule is CCOc1ccc(CC2=C(Cl)C=C(OCC3CC3CO)C(C3OC(COC(C)=O)C(OCc4ccccc4)C(OCc4ccccc4)C3OCc3ccccc3)C2)cc1. The molecule has 1 saturated heterocycles. The zero-order valence-electron chi connectivity index (χ0n) is 33.8. The first-order chi connectivity index (χ1) is 28.9. The third-order valence-corrected chi connectivity index (χ3v) is 11.6. The van der Waals surface area contributed by atoms with Crippen molar-refractivity contribution >= 4 is 17.6 Å². The lowest BCUT2D eigenvalue weighted by Gasteiger charge is -2.49. The van der Waals surface area contributed by atoms with Crippen molar-refractivity contribution < 1.29 is 43.1 Å². The Balaban J connectivity index is 1.27. The Morgan fingerprint density at radius 2 is 1.29 bits per heavy atom. The third kappa shape index (κ3) is 11.8. The molecule has 2 aliphatic carbocycles. The van der Waals surface area contributed by atoms with Gasteiger partial charge in [0.05, 0.1) is 39.1 Å². The molecular formula is C49H55ClO9. The van der Waals surface area contributed by atoms with Gasteiger partial charge in [0.2, 0.25) is 0 Å². The van der Waals surface area contributed by atoms with Crippen molar-refractivity contribution in [1.82, 2.24) is 0 Å². The number of carbonyl (C=O) groups excluding carboxylic acids is 1. The van der Waals surface area contributed by atoms with E-state index < -0.39 is 36.5 Å². The molecule has 10 heteroatoms. The van der Waals surface area contributed by atoms with Gasteiger partial charge in [-0.25, -0.2) is 0 Å². The molecule has 1 heterocycles. The van der Waals surface area contributed by atoms with Crippen LogP contribution >= 0.6 is 11.6 Å². The summed E-state index contributed by atoms with van der Waals surface area (Å²) in [7, 11) is 0. The summed E-state index contributed by atoms with van der Waals surface area (Å²) in [5.41, 5.74) is 5.09. The molecule has 8 unspecified atom stereocenters. The maximum Gasteiger partial charge on any atom is 0.302 e. The fourth-order valence-corrected chi connectivity index (χ4v) is 8.17. The predicted molar refractivity (Wildman–Crippen MR) is 225 cm³/mol. The smallest absolute Gasteiger partial charge is 0.302 e. The molecule has 59 heavy (non-hydrogen) atoms. The van der Waals surface area contributed by atoms with Crippen molar-refractivity contribution in [2.75, 3.05) is 26.4 Å². The molecule has 0 radical (unpaired) electrons. The van der Waals surface area contributed by atoms with E-state index in [9.17, 15) is 9.90 Å². The fourth-order valence-electron chi connectivity index (χ4n) is 7.92. The molecule has 0 aromatic heterocycles. The summed E-state index contributed by atoms with van der Waals surface area (Å²) in [6, 6.07) is 38.1. The van der Waals surface area contributed by atoms with E-state index in [2.05, 4.69) is 12.1 Å². The van der Waals surface area contributed by atoms with Gasteiger partial charge >= 0.3 is 5.97 Å². The molecular weight excluding hydrogens is 768 g/mol. The zero-order chi connectivity index (χ0) is 41.0. The van der Waals surface area contributed by atoms with Crippen LogP contribution in [0.25, 0.3) is 0 Å². The molecule has 8 atom stereocenters. The highest BCUT2D eigenvalue weighted by atomic mass is 35.5. The Morgan fingerprint density at radius 1 is 0.712 bits per heavy atom. The number of rotatable bonds is 20. The molecule has 4 aromatic rings. The molecule has 0 spiro atoms. The van der Waals surface area contributed by atoms with Crippen molar-refractivity contribution in [2.24, 2.45) is 17.8 Å². The number of hydrogen-bond acceptors (Lipinski definition) is 9. The van der Waals surface area contributed by atoms with Crippen molar-refractivity contribution in [2.45, 2.75) is 83.5 Å². The average molecular weight is 823 g/mol. The minimum absolute atomic E-state index is 0.0512. The standard InChI is InChI=1S/C49H55ClO9/c1-3-53-41-21-19-34(20-22-41)23-38-25-42(44(26-43(38)50)55-31-40-24-39(40)27-51)46-48(57-29-36-15-9-5-10-16-36)49(58-30-37-17-11-6-12-18-37)47(45(59-46)32-54-33(2)52)56-28-35-13-7-4-8-14-35/h4-22,26,39-40,42,45-49,51H,3,23-25,27-32H2,1-2H3. The number of esters is 1. The summed E-state index contributed by atoms with van der Waals surface area (Å²) in [4.78, 5) is 12.4. The molecule has 9 nitrogen and oxygen atoms in total. The van der Waals surface area contributed by atoms with Gasteiger partial charge in [-0.3, -0.25) is 4.79 Å². The Bertz CT molecular complexity index is 1970. The van der Waals surface area contributed by atoms with Gasteiger partial charge in [0.25, 0.3) is 0 Å². The van der Waals surface area contributed by atoms with E-state index in [-0.39, 0.29) is 44.2 Å². The maximum atomic E-state index is 12.4. The van der Waals surface area contributed by atoms with Gasteiger partial charge < -0.3 is 38.3 Å². The summed E-state index contributed by atoms with van der Waals surface area (Å²) >= 11 is 7.14. The highest BCUT2D eigenvalue weighted by molar-refractivity contribution is 6.31. The maximum absolute atomic E-state index is 12.4. The number of halogens is 1. The summed E-state index contributed by atoms with van der Waals surface area (Å²) < 4.78 is 46.0. The minimum atomic E-state index is -0.718. The highest BCUT2D eigenvalue weighted by Gasteiger charge is 2.52. The predicted octanol–water partition coefficient (Wildman–Crippen LogP) is 8.76. The van der Waals surface area contributed by atoms with Gasteiger partial charge in [-0.05, 0) is 84.1 Å². The average Bonchev–Trinajstić information content (AvgIpc) is 4.04. The third-order valence-electron chi connectivity index (χ3n) is 11.2. The van der Waals surface area contributed by atoms with E-state index in [1.54, 1.807) is 0 Å². The molecule has 1 N–H and O–H groups in total. The van der Waals surface area contributed by atoms with Crippen LogP contribution in [0.1, 0.15) is 48.9 Å². The van der Waals surface area contributed by atoms with E-state index in [0.717, 1.165) is 40.0 Å². The number of hydrogen-bond donors (Lipinski definition) is 1. The van der Waals surface area contributed by atoms with E-state index in [1.807, 2.05) is 116 Å². The molecule has 2 fully saturated rings. The monoisotopic (exact) mass is 822 g/mol. The number of benzene rings is 4. The molecule has 1 aliphatic heterocycles. The second-order valence-electron chi connectivity index (χ2n) is 15.5. The van der Waals surface area contributed by atoms with Gasteiger partial charge in [0.15, 0.2) is 0 Å². The lowest BCUT2D eigenvalue weighted by Crippen LogP contribution is -2.63. The molecule has 1 saturated carbocycles. The molecule has 3 aliphatic rings. The van der Waals surface area contributed by atoms with Crippen LogP contribution in [0.15, 0.2) is 138 Å². The number of aliphatic hydroxyl groups excluding tert-OH is 1. The van der Waals surface area contributed by atoms with E-state index in [4.69, 9.17) is 44.8 Å². The van der Waals surface area contributed by atoms with Crippen LogP contribution in [0.3, 0.4) is 0 Å². The van der Waals surface area contributed by atoms with Crippen LogP contribution < -0.4 is 4.74 Å². The van der Waals surface area contributed by atoms with Crippen LogP contribution in [0.4, 0.5) is 0 Å². The number of ether oxygens (including phenoxy) is 7. The first-order valence-corrected chi connectivity index (χ1v) is 21.1. The summed E-state index contributed by atoms with van der Waals surface area (Å²) in [5.74, 6) is 1.18. The quantitative estimate of drug-likeness (QED) is 0.0878. The van der Waals surface area contributed by atoms with Crippen LogP contribution in [0.2, 0.25) is 0 Å². The molecule has 4 aromatic carbocycles. The second kappa shape index (κ2) is 21.2. The van der Waals surface area contributed by atoms with Crippen LogP contribution in [0, 0.1) is 17.8 Å². The molecule has 312 valence electrons. The van der Waals surface area contributed by atoms with E-state index in [0.29, 0.717) is 43.5 Å². The van der Waals surface area contributed by atoms with Crippen LogP contribution in [-0.4, -0.2) is 68.0 Å². The summed E-state index contributed by atoms with van der Waals surface area (Å²) in [6.07, 6.45) is 0.573. The van der Waals surface area contributed by atoms with Gasteiger partial charge in [0.1, 0.15) is 42.5 Å². The first-order valence-electron chi connectivity index (χ1n) is 20.7. The van der Waals surface area contributed by atoms with Crippen LogP contribution in [-0.2, 0) is 59.5 Å². The number of carbonyl (C=O) groups is 1. The topological polar surface area (TPSA) is 102 Å². The van der Waals surface area contributed by atoms with E-state index in [1.165, 1.54) is 6.92 Å². The van der Waals surface area contributed by atoms with Crippen molar-refractivity contribution in [1.29, 1.82) is 0 Å². The zero-order valence-corrected chi connectivity index (χ0v) is 34.6. The lowest BCUT2D eigenvalue weighted by atomic mass is 9.79. The van der Waals surface area contributed by atoms with Crippen molar-refractivity contribution in [3.63, 3.8) is 0 Å². The molecule has 0 bridgehead atoms. The Kier molecular flexibility index (Phi) is 15.3. The van der Waals surface area contributed by atoms with Gasteiger partial charge in [-0.15, -0.1) is 0 Å². The summed E-state index contributed by atoms with van der Waals surface area (Å²) in [5, 5.41) is 10.5. The van der Waals surface area contributed by atoms with Crippen molar-refractivity contribution in [3.8, 4) is 5.75 Å². The fraction of sp³-hybridized carbons (Fsp3) is 0.408. The van der Waals surface area contributed by atoms with E-state index >= 15 is 0 Å². The van der Waals surface area contributed by atoms with Crippen LogP contribution in [0.5, 0.6) is 5.75 Å². The Morgan fingerprint density at radius 3 is 1.83 bits per heavy atom. The Labute approximate surface area is 352 Å².